The zero-order valence-corrected chi connectivity index (χ0v) is 25.0. The molecule has 1 saturated heterocycles. The van der Waals surface area contributed by atoms with Crippen LogP contribution in [0.4, 0.5) is 0 Å². The van der Waals surface area contributed by atoms with E-state index >= 15 is 0 Å². The summed E-state index contributed by atoms with van der Waals surface area (Å²) >= 11 is 0. The first-order chi connectivity index (χ1) is 19.3. The molecular weight excluding hydrogens is 516 g/mol. The largest absolute Gasteiger partial charge is 0.454 e. The summed E-state index contributed by atoms with van der Waals surface area (Å²) < 4.78 is 28.7. The van der Waals surface area contributed by atoms with Crippen LogP contribution in [0.2, 0.25) is 0 Å². The van der Waals surface area contributed by atoms with E-state index in [1.807, 2.05) is 27.7 Å². The average molecular weight is 567 g/mol. The molecule has 1 fully saturated rings. The average Bonchev–Trinajstić information content (AvgIpc) is 2.92. The van der Waals surface area contributed by atoms with Crippen molar-refractivity contribution in [2.45, 2.75) is 161 Å². The number of ether oxygens (including phenoxy) is 5. The van der Waals surface area contributed by atoms with Gasteiger partial charge >= 0.3 is 23.9 Å². The maximum atomic E-state index is 12.9. The van der Waals surface area contributed by atoms with Crippen molar-refractivity contribution in [3.05, 3.63) is 0 Å². The molecule has 5 atom stereocenters. The Balaban J connectivity index is 3.30. The molecule has 0 aliphatic carbocycles. The van der Waals surface area contributed by atoms with Gasteiger partial charge in [-0.25, -0.2) is 0 Å². The summed E-state index contributed by atoms with van der Waals surface area (Å²) in [6, 6.07) is 0. The van der Waals surface area contributed by atoms with Gasteiger partial charge in [0, 0.05) is 25.7 Å². The molecule has 0 aromatic carbocycles. The van der Waals surface area contributed by atoms with E-state index in [1.165, 1.54) is 0 Å². The smallest absolute Gasteiger partial charge is 0.308 e. The van der Waals surface area contributed by atoms with Gasteiger partial charge in [-0.3, -0.25) is 19.2 Å². The number of carbonyl (C=O) groups is 4. The summed E-state index contributed by atoms with van der Waals surface area (Å²) in [5.41, 5.74) is 0. The molecule has 0 aromatic rings. The van der Waals surface area contributed by atoms with E-state index in [0.29, 0.717) is 25.7 Å². The highest BCUT2D eigenvalue weighted by Gasteiger charge is 2.53. The van der Waals surface area contributed by atoms with Crippen molar-refractivity contribution < 1.29 is 42.9 Å². The molecule has 0 saturated carbocycles. The number of carbonyl (C=O) groups excluding carboxylic acids is 4. The van der Waals surface area contributed by atoms with Crippen molar-refractivity contribution >= 4 is 23.9 Å². The van der Waals surface area contributed by atoms with Crippen molar-refractivity contribution in [1.82, 2.24) is 0 Å². The van der Waals surface area contributed by atoms with Crippen molar-refractivity contribution in [3.63, 3.8) is 0 Å². The first-order valence-corrected chi connectivity index (χ1v) is 15.2. The van der Waals surface area contributed by atoms with Crippen LogP contribution in [-0.2, 0) is 42.9 Å². The Morgan fingerprint density at radius 1 is 0.550 bits per heavy atom. The van der Waals surface area contributed by atoms with E-state index in [-0.39, 0.29) is 25.7 Å². The van der Waals surface area contributed by atoms with E-state index in [2.05, 4.69) is 5.92 Å². The van der Waals surface area contributed by atoms with Crippen molar-refractivity contribution in [2.75, 3.05) is 0 Å². The van der Waals surface area contributed by atoms with Crippen molar-refractivity contribution in [1.29, 1.82) is 0 Å². The maximum absolute atomic E-state index is 12.9. The predicted molar refractivity (Wildman–Crippen MR) is 150 cm³/mol. The van der Waals surface area contributed by atoms with Crippen LogP contribution < -0.4 is 0 Å². The Hall–Kier alpha value is -2.60. The number of hydrogen-bond donors (Lipinski definition) is 0. The number of rotatable bonds is 20. The summed E-state index contributed by atoms with van der Waals surface area (Å²) in [5, 5.41) is 0. The Bertz CT molecular complexity index is 803. The highest BCUT2D eigenvalue weighted by Crippen LogP contribution is 2.31. The Morgan fingerprint density at radius 3 is 1.27 bits per heavy atom. The van der Waals surface area contributed by atoms with E-state index < -0.39 is 54.6 Å². The van der Waals surface area contributed by atoms with Gasteiger partial charge in [0.05, 0.1) is 0 Å². The fraction of sp³-hybridized carbons (Fsp3) is 0.806. The predicted octanol–water partition coefficient (Wildman–Crippen LogP) is 5.94. The van der Waals surface area contributed by atoms with Gasteiger partial charge in [0.25, 0.3) is 0 Å². The molecule has 9 nitrogen and oxygen atoms in total. The Labute approximate surface area is 240 Å². The van der Waals surface area contributed by atoms with Crippen LogP contribution in [0.25, 0.3) is 0 Å². The van der Waals surface area contributed by atoms with Gasteiger partial charge < -0.3 is 23.7 Å². The molecule has 0 aromatic heterocycles. The quantitative estimate of drug-likeness (QED) is 0.0764. The topological polar surface area (TPSA) is 114 Å². The van der Waals surface area contributed by atoms with Crippen LogP contribution in [0.3, 0.4) is 0 Å². The minimum atomic E-state index is -1.42. The molecule has 9 heteroatoms. The fourth-order valence-electron chi connectivity index (χ4n) is 4.33. The molecule has 1 rings (SSSR count). The van der Waals surface area contributed by atoms with Gasteiger partial charge in [-0.2, -0.15) is 0 Å². The van der Waals surface area contributed by atoms with Gasteiger partial charge in [0.2, 0.25) is 12.4 Å². The SMILES string of the molecule is C#C[C@@H]1OC(OC(=O)CCCCC)[C@@H](OC(=O)CCCCC)[C@H](OC(=O)CCCCC)[C@@H]1OC(=O)CCCCC. The lowest BCUT2D eigenvalue weighted by atomic mass is 9.97. The number of hydrogen-bond acceptors (Lipinski definition) is 9. The third kappa shape index (κ3) is 13.6. The molecule has 1 unspecified atom stereocenters. The summed E-state index contributed by atoms with van der Waals surface area (Å²) in [4.78, 5) is 51.0. The highest BCUT2D eigenvalue weighted by atomic mass is 16.7. The second-order valence-corrected chi connectivity index (χ2v) is 10.3. The van der Waals surface area contributed by atoms with Gasteiger partial charge in [0.1, 0.15) is 0 Å². The highest BCUT2D eigenvalue weighted by molar-refractivity contribution is 5.72. The van der Waals surface area contributed by atoms with Crippen LogP contribution in [0, 0.1) is 12.3 Å². The van der Waals surface area contributed by atoms with Gasteiger partial charge in [-0.1, -0.05) is 85.0 Å². The lowest BCUT2D eigenvalue weighted by Gasteiger charge is -2.42. The van der Waals surface area contributed by atoms with Crippen LogP contribution >= 0.6 is 0 Å². The molecule has 0 radical (unpaired) electrons. The van der Waals surface area contributed by atoms with Gasteiger partial charge in [-0.15, -0.1) is 6.42 Å². The summed E-state index contributed by atoms with van der Waals surface area (Å²) in [7, 11) is 0. The molecule has 0 bridgehead atoms. The third-order valence-corrected chi connectivity index (χ3v) is 6.65. The molecule has 1 heterocycles. The lowest BCUT2D eigenvalue weighted by Crippen LogP contribution is -2.62. The zero-order valence-electron chi connectivity index (χ0n) is 25.0. The fourth-order valence-corrected chi connectivity index (χ4v) is 4.33. The normalized spacial score (nSPS) is 22.1. The van der Waals surface area contributed by atoms with E-state index in [0.717, 1.165) is 51.4 Å². The van der Waals surface area contributed by atoms with Gasteiger partial charge in [0.15, 0.2) is 18.3 Å². The minimum Gasteiger partial charge on any atom is -0.454 e. The van der Waals surface area contributed by atoms with Crippen LogP contribution in [0.1, 0.15) is 130 Å². The molecule has 0 amide bonds. The second kappa shape index (κ2) is 21.2. The van der Waals surface area contributed by atoms with E-state index in [4.69, 9.17) is 30.1 Å². The summed E-state index contributed by atoms with van der Waals surface area (Å²) in [6.45, 7) is 8.07. The molecular formula is C31H50O9. The number of terminal acetylenes is 1. The zero-order chi connectivity index (χ0) is 29.8. The molecule has 1 aliphatic heterocycles. The monoisotopic (exact) mass is 566 g/mol. The second-order valence-electron chi connectivity index (χ2n) is 10.3. The Morgan fingerprint density at radius 2 is 0.900 bits per heavy atom. The third-order valence-electron chi connectivity index (χ3n) is 6.65. The molecule has 1 aliphatic rings. The molecule has 40 heavy (non-hydrogen) atoms. The first kappa shape index (κ1) is 35.4. The summed E-state index contributed by atoms with van der Waals surface area (Å²) in [5.74, 6) is 0.235. The number of esters is 4. The van der Waals surface area contributed by atoms with Crippen LogP contribution in [0.15, 0.2) is 0 Å². The minimum absolute atomic E-state index is 0.124. The Kier molecular flexibility index (Phi) is 18.8. The maximum Gasteiger partial charge on any atom is 0.308 e. The van der Waals surface area contributed by atoms with Gasteiger partial charge in [-0.05, 0) is 25.7 Å². The summed E-state index contributed by atoms with van der Waals surface area (Å²) in [6.07, 6.45) is 9.27. The lowest BCUT2D eigenvalue weighted by molar-refractivity contribution is -0.288. The van der Waals surface area contributed by atoms with E-state index in [1.54, 1.807) is 0 Å². The van der Waals surface area contributed by atoms with Crippen molar-refractivity contribution in [2.24, 2.45) is 0 Å². The van der Waals surface area contributed by atoms with Crippen LogP contribution in [0.5, 0.6) is 0 Å². The standard InChI is InChI=1S/C31H50O9/c1-6-11-15-19-24(32)37-28-23(10-5)36-31(40-27(35)22-18-14-9-4)30(39-26(34)21-17-13-8-3)29(28)38-25(33)20-16-12-7-2/h5,23,28-31H,6-9,11-22H2,1-4H3/t23-,28+,29+,30-,31?/m0/s1. The van der Waals surface area contributed by atoms with E-state index in [9.17, 15) is 19.2 Å². The molecule has 0 N–H and O–H groups in total. The van der Waals surface area contributed by atoms with Crippen molar-refractivity contribution in [3.8, 4) is 12.3 Å². The first-order valence-electron chi connectivity index (χ1n) is 15.2. The molecule has 0 spiro atoms. The number of unbranched alkanes of at least 4 members (excludes halogenated alkanes) is 8. The molecule has 228 valence electrons. The van der Waals surface area contributed by atoms with Crippen LogP contribution in [-0.4, -0.2) is 54.6 Å².